The SMILES string of the molecule is CC(C)(C)c1cc(-c2ccccc2)cc(C(C)(C)C)[s+]1.[I-]. The van der Waals surface area contributed by atoms with Crippen molar-refractivity contribution in [2.24, 2.45) is 0 Å². The van der Waals surface area contributed by atoms with Crippen LogP contribution in [0.2, 0.25) is 0 Å². The largest absolute Gasteiger partial charge is 1.00 e. The lowest BCUT2D eigenvalue weighted by molar-refractivity contribution is -0.00000494. The molecule has 2 heteroatoms. The first-order valence-corrected chi connectivity index (χ1v) is 8.04. The predicted molar refractivity (Wildman–Crippen MR) is 91.6 cm³/mol. The van der Waals surface area contributed by atoms with E-state index in [1.54, 1.807) is 0 Å². The summed E-state index contributed by atoms with van der Waals surface area (Å²) >= 11 is 1.95. The van der Waals surface area contributed by atoms with Crippen LogP contribution in [0, 0.1) is 0 Å². The molecule has 0 bridgehead atoms. The molecule has 1 heterocycles. The van der Waals surface area contributed by atoms with Gasteiger partial charge in [-0.1, -0.05) is 71.9 Å². The summed E-state index contributed by atoms with van der Waals surface area (Å²) in [6.45, 7) is 13.8. The van der Waals surface area contributed by atoms with Crippen LogP contribution in [0.5, 0.6) is 0 Å². The lowest BCUT2D eigenvalue weighted by Gasteiger charge is -2.16. The zero-order chi connectivity index (χ0) is 15.0. The Morgan fingerprint density at radius 2 is 1.10 bits per heavy atom. The number of hydrogen-bond acceptors (Lipinski definition) is 0. The van der Waals surface area contributed by atoms with Gasteiger partial charge in [-0.2, -0.15) is 0 Å². The normalized spacial score (nSPS) is 11.9. The smallest absolute Gasteiger partial charge is 0.219 e. The molecule has 0 saturated heterocycles. The van der Waals surface area contributed by atoms with E-state index < -0.39 is 0 Å². The molecule has 0 N–H and O–H groups in total. The minimum absolute atomic E-state index is 0. The topological polar surface area (TPSA) is 0 Å². The van der Waals surface area contributed by atoms with Gasteiger partial charge in [0.05, 0.1) is 0 Å². The second kappa shape index (κ2) is 6.74. The van der Waals surface area contributed by atoms with Gasteiger partial charge in [0.1, 0.15) is 0 Å². The Morgan fingerprint density at radius 3 is 1.48 bits per heavy atom. The van der Waals surface area contributed by atoms with Crippen LogP contribution >= 0.6 is 11.3 Å². The van der Waals surface area contributed by atoms with Crippen molar-refractivity contribution in [1.82, 2.24) is 0 Å². The Bertz CT molecular complexity index is 557. The van der Waals surface area contributed by atoms with Crippen molar-refractivity contribution < 1.29 is 24.0 Å². The first-order valence-electron chi connectivity index (χ1n) is 7.22. The molecule has 21 heavy (non-hydrogen) atoms. The molecular formula is C19H25IS. The lowest BCUT2D eigenvalue weighted by atomic mass is 9.90. The molecule has 0 radical (unpaired) electrons. The molecule has 0 nitrogen and oxygen atoms in total. The second-order valence-electron chi connectivity index (χ2n) is 7.44. The average Bonchev–Trinajstić information content (AvgIpc) is 2.37. The predicted octanol–water partition coefficient (Wildman–Crippen LogP) is 3.30. The van der Waals surface area contributed by atoms with Crippen molar-refractivity contribution in [2.75, 3.05) is 0 Å². The van der Waals surface area contributed by atoms with Crippen molar-refractivity contribution in [1.29, 1.82) is 0 Å². The molecule has 2 rings (SSSR count). The first kappa shape index (κ1) is 18.6. The summed E-state index contributed by atoms with van der Waals surface area (Å²) in [6, 6.07) is 15.4. The van der Waals surface area contributed by atoms with Crippen LogP contribution in [-0.2, 0) is 10.8 Å². The maximum atomic E-state index is 2.36. The summed E-state index contributed by atoms with van der Waals surface area (Å²) in [6.07, 6.45) is 0. The highest BCUT2D eigenvalue weighted by molar-refractivity contribution is 7.12. The molecule has 0 atom stereocenters. The molecule has 0 saturated carbocycles. The number of halogens is 1. The van der Waals surface area contributed by atoms with Crippen LogP contribution in [0.15, 0.2) is 42.5 Å². The molecule has 0 fully saturated rings. The maximum Gasteiger partial charge on any atom is 0.219 e. The number of rotatable bonds is 1. The monoisotopic (exact) mass is 412 g/mol. The second-order valence-corrected chi connectivity index (χ2v) is 8.52. The molecule has 1 aromatic carbocycles. The highest BCUT2D eigenvalue weighted by Crippen LogP contribution is 2.37. The van der Waals surface area contributed by atoms with E-state index in [9.17, 15) is 0 Å². The molecule has 0 aliphatic rings. The third-order valence-electron chi connectivity index (χ3n) is 3.38. The van der Waals surface area contributed by atoms with Crippen LogP contribution in [-0.4, -0.2) is 0 Å². The molecule has 1 aromatic heterocycles. The summed E-state index contributed by atoms with van der Waals surface area (Å²) in [5, 5.41) is 0. The van der Waals surface area contributed by atoms with Gasteiger partial charge in [-0.3, -0.25) is 0 Å². The first-order chi connectivity index (χ1) is 9.18. The van der Waals surface area contributed by atoms with Crippen molar-refractivity contribution in [3.8, 4) is 11.1 Å². The quantitative estimate of drug-likeness (QED) is 0.498. The van der Waals surface area contributed by atoms with Gasteiger partial charge in [-0.05, 0) is 11.1 Å². The molecule has 0 aliphatic heterocycles. The minimum atomic E-state index is 0. The van der Waals surface area contributed by atoms with Crippen molar-refractivity contribution in [3.05, 3.63) is 52.2 Å². The van der Waals surface area contributed by atoms with Crippen LogP contribution in [0.4, 0.5) is 0 Å². The van der Waals surface area contributed by atoms with Crippen molar-refractivity contribution in [3.63, 3.8) is 0 Å². The summed E-state index contributed by atoms with van der Waals surface area (Å²) in [7, 11) is 0. The molecule has 0 spiro atoms. The number of hydrogen-bond donors (Lipinski definition) is 0. The Morgan fingerprint density at radius 1 is 0.667 bits per heavy atom. The van der Waals surface area contributed by atoms with Gasteiger partial charge < -0.3 is 24.0 Å². The standard InChI is InChI=1S/C19H25S.HI/c1-18(2,3)16-12-15(14-10-8-7-9-11-14)13-17(20-16)19(4,5)6;/h7-13H,1-6H3;1H/q+1;/p-1. The van der Waals surface area contributed by atoms with E-state index >= 15 is 0 Å². The lowest BCUT2D eigenvalue weighted by Crippen LogP contribution is -3.00. The van der Waals surface area contributed by atoms with Crippen LogP contribution < -0.4 is 24.0 Å². The highest BCUT2D eigenvalue weighted by Gasteiger charge is 2.31. The Labute approximate surface area is 150 Å². The van der Waals surface area contributed by atoms with E-state index in [-0.39, 0.29) is 34.8 Å². The summed E-state index contributed by atoms with van der Waals surface area (Å²) in [5.41, 5.74) is 3.01. The van der Waals surface area contributed by atoms with E-state index in [0.717, 1.165) is 0 Å². The highest BCUT2D eigenvalue weighted by atomic mass is 127. The van der Waals surface area contributed by atoms with Crippen LogP contribution in [0.3, 0.4) is 0 Å². The summed E-state index contributed by atoms with van der Waals surface area (Å²) in [4.78, 5) is 2.90. The Balaban J connectivity index is 0.00000220. The van der Waals surface area contributed by atoms with Crippen molar-refractivity contribution >= 4 is 11.3 Å². The minimum Gasteiger partial charge on any atom is -1.00 e. The van der Waals surface area contributed by atoms with E-state index in [0.29, 0.717) is 0 Å². The van der Waals surface area contributed by atoms with E-state index in [4.69, 9.17) is 0 Å². The molecule has 2 aromatic rings. The summed E-state index contributed by atoms with van der Waals surface area (Å²) in [5.74, 6) is 0. The molecule has 0 unspecified atom stereocenters. The zero-order valence-corrected chi connectivity index (χ0v) is 16.8. The van der Waals surface area contributed by atoms with Gasteiger partial charge in [0.2, 0.25) is 21.1 Å². The summed E-state index contributed by atoms with van der Waals surface area (Å²) < 4.78 is 0. The van der Waals surface area contributed by atoms with Gasteiger partial charge in [0.25, 0.3) is 0 Å². The van der Waals surface area contributed by atoms with E-state index in [1.807, 2.05) is 11.3 Å². The molecular weight excluding hydrogens is 387 g/mol. The fourth-order valence-corrected chi connectivity index (χ4v) is 3.26. The van der Waals surface area contributed by atoms with Gasteiger partial charge in [-0.25, -0.2) is 0 Å². The molecule has 114 valence electrons. The molecule has 0 aliphatic carbocycles. The number of benzene rings is 1. The Hall–Kier alpha value is -0.480. The maximum absolute atomic E-state index is 2.36. The van der Waals surface area contributed by atoms with Crippen LogP contribution in [0.25, 0.3) is 11.1 Å². The third-order valence-corrected chi connectivity index (χ3v) is 5.28. The van der Waals surface area contributed by atoms with Gasteiger partial charge in [0, 0.05) is 23.0 Å². The fourth-order valence-electron chi connectivity index (χ4n) is 2.04. The van der Waals surface area contributed by atoms with E-state index in [2.05, 4.69) is 84.0 Å². The average molecular weight is 412 g/mol. The Kier molecular flexibility index (Phi) is 5.96. The van der Waals surface area contributed by atoms with Gasteiger partial charge in [0.15, 0.2) is 0 Å². The zero-order valence-electron chi connectivity index (χ0n) is 13.8. The van der Waals surface area contributed by atoms with Crippen molar-refractivity contribution in [2.45, 2.75) is 52.4 Å². The van der Waals surface area contributed by atoms with Crippen LogP contribution in [0.1, 0.15) is 51.3 Å². The third kappa shape index (κ3) is 4.75. The fraction of sp³-hybridized carbons (Fsp3) is 0.421. The van der Waals surface area contributed by atoms with Gasteiger partial charge >= 0.3 is 0 Å². The van der Waals surface area contributed by atoms with Gasteiger partial charge in [-0.15, -0.1) is 0 Å². The molecule has 0 amide bonds. The van der Waals surface area contributed by atoms with E-state index in [1.165, 1.54) is 20.9 Å².